The standard InChI is InChI=1S/C12H18ClNO/c1-3-9(2)8-15-12-5-4-11(13)6-10(12)7-14/h4-6,9H,3,7-8,14H2,1-2H3. The Bertz CT molecular complexity index is 314. The molecule has 0 aliphatic heterocycles. The Kier molecular flexibility index (Phi) is 4.92. The van der Waals surface area contributed by atoms with Gasteiger partial charge < -0.3 is 10.5 Å². The van der Waals surface area contributed by atoms with Crippen LogP contribution in [0.15, 0.2) is 18.2 Å². The summed E-state index contributed by atoms with van der Waals surface area (Å²) in [4.78, 5) is 0. The Hall–Kier alpha value is -0.730. The highest BCUT2D eigenvalue weighted by molar-refractivity contribution is 6.30. The minimum absolute atomic E-state index is 0.455. The molecule has 0 aliphatic carbocycles. The number of hydrogen-bond acceptors (Lipinski definition) is 2. The Labute approximate surface area is 96.4 Å². The lowest BCUT2D eigenvalue weighted by Crippen LogP contribution is -2.09. The van der Waals surface area contributed by atoms with Gasteiger partial charge in [-0.15, -0.1) is 0 Å². The highest BCUT2D eigenvalue weighted by atomic mass is 35.5. The third kappa shape index (κ3) is 3.73. The molecule has 1 aromatic rings. The SMILES string of the molecule is CCC(C)COc1ccc(Cl)cc1CN. The summed E-state index contributed by atoms with van der Waals surface area (Å²) in [6, 6.07) is 5.56. The van der Waals surface area contributed by atoms with Gasteiger partial charge in [0.2, 0.25) is 0 Å². The van der Waals surface area contributed by atoms with E-state index in [0.717, 1.165) is 24.3 Å². The second-order valence-corrected chi connectivity index (χ2v) is 4.22. The summed E-state index contributed by atoms with van der Waals surface area (Å²) in [5.74, 6) is 1.41. The first-order valence-electron chi connectivity index (χ1n) is 5.28. The van der Waals surface area contributed by atoms with Crippen molar-refractivity contribution in [2.24, 2.45) is 11.7 Å². The van der Waals surface area contributed by atoms with Crippen molar-refractivity contribution in [1.29, 1.82) is 0 Å². The molecule has 1 unspecified atom stereocenters. The Morgan fingerprint density at radius 2 is 2.20 bits per heavy atom. The van der Waals surface area contributed by atoms with Gasteiger partial charge in [0.15, 0.2) is 0 Å². The number of hydrogen-bond donors (Lipinski definition) is 1. The lowest BCUT2D eigenvalue weighted by atomic mass is 10.1. The van der Waals surface area contributed by atoms with Crippen molar-refractivity contribution in [3.63, 3.8) is 0 Å². The number of ether oxygens (including phenoxy) is 1. The molecule has 1 aromatic carbocycles. The minimum atomic E-state index is 0.455. The lowest BCUT2D eigenvalue weighted by Gasteiger charge is -2.13. The van der Waals surface area contributed by atoms with E-state index < -0.39 is 0 Å². The van der Waals surface area contributed by atoms with E-state index in [1.807, 2.05) is 18.2 Å². The fraction of sp³-hybridized carbons (Fsp3) is 0.500. The maximum absolute atomic E-state index is 5.87. The number of nitrogens with two attached hydrogens (primary N) is 1. The van der Waals surface area contributed by atoms with Crippen LogP contribution < -0.4 is 10.5 Å². The maximum Gasteiger partial charge on any atom is 0.123 e. The van der Waals surface area contributed by atoms with E-state index in [4.69, 9.17) is 22.1 Å². The molecule has 0 radical (unpaired) electrons. The summed E-state index contributed by atoms with van der Waals surface area (Å²) in [7, 11) is 0. The number of benzene rings is 1. The van der Waals surface area contributed by atoms with Gasteiger partial charge in [0.1, 0.15) is 5.75 Å². The molecule has 1 atom stereocenters. The van der Waals surface area contributed by atoms with Crippen molar-refractivity contribution in [1.82, 2.24) is 0 Å². The molecule has 0 fully saturated rings. The van der Waals surface area contributed by atoms with Gasteiger partial charge in [-0.3, -0.25) is 0 Å². The van der Waals surface area contributed by atoms with Gasteiger partial charge in [-0.2, -0.15) is 0 Å². The number of halogens is 1. The zero-order chi connectivity index (χ0) is 11.3. The normalized spacial score (nSPS) is 12.5. The van der Waals surface area contributed by atoms with Gasteiger partial charge >= 0.3 is 0 Å². The van der Waals surface area contributed by atoms with E-state index in [9.17, 15) is 0 Å². The van der Waals surface area contributed by atoms with E-state index in [1.54, 1.807) is 0 Å². The molecule has 0 aromatic heterocycles. The van der Waals surface area contributed by atoms with Crippen molar-refractivity contribution in [3.8, 4) is 5.75 Å². The summed E-state index contributed by atoms with van der Waals surface area (Å²) < 4.78 is 5.70. The van der Waals surface area contributed by atoms with Gasteiger partial charge in [-0.05, 0) is 24.1 Å². The molecule has 0 bridgehead atoms. The molecule has 15 heavy (non-hydrogen) atoms. The summed E-state index contributed by atoms with van der Waals surface area (Å²) in [5, 5.41) is 0.700. The predicted octanol–water partition coefficient (Wildman–Crippen LogP) is 3.22. The van der Waals surface area contributed by atoms with Gasteiger partial charge in [-0.1, -0.05) is 31.9 Å². The molecule has 0 aliphatic rings. The molecular weight excluding hydrogens is 210 g/mol. The third-order valence-corrected chi connectivity index (χ3v) is 2.70. The number of rotatable bonds is 5. The van der Waals surface area contributed by atoms with Crippen LogP contribution in [0.2, 0.25) is 5.02 Å². The van der Waals surface area contributed by atoms with Gasteiger partial charge in [0, 0.05) is 17.1 Å². The molecule has 0 saturated heterocycles. The van der Waals surface area contributed by atoms with E-state index >= 15 is 0 Å². The molecule has 2 nitrogen and oxygen atoms in total. The van der Waals surface area contributed by atoms with Gasteiger partial charge in [0.05, 0.1) is 6.61 Å². The fourth-order valence-corrected chi connectivity index (χ4v) is 1.39. The van der Waals surface area contributed by atoms with Crippen LogP contribution in [0.5, 0.6) is 5.75 Å². The molecule has 84 valence electrons. The van der Waals surface area contributed by atoms with Crippen LogP contribution >= 0.6 is 11.6 Å². The van der Waals surface area contributed by atoms with Crippen LogP contribution in [-0.4, -0.2) is 6.61 Å². The van der Waals surface area contributed by atoms with Crippen LogP contribution in [0.3, 0.4) is 0 Å². The van der Waals surface area contributed by atoms with E-state index in [2.05, 4.69) is 13.8 Å². The average Bonchev–Trinajstić information content (AvgIpc) is 2.26. The van der Waals surface area contributed by atoms with Crippen LogP contribution in [0.4, 0.5) is 0 Å². The summed E-state index contributed by atoms with van der Waals surface area (Å²) in [5.41, 5.74) is 6.58. The molecule has 0 amide bonds. The van der Waals surface area contributed by atoms with E-state index in [1.165, 1.54) is 0 Å². The first kappa shape index (κ1) is 12.3. The second kappa shape index (κ2) is 5.99. The third-order valence-electron chi connectivity index (χ3n) is 2.46. The molecule has 1 rings (SSSR count). The highest BCUT2D eigenvalue weighted by Gasteiger charge is 2.05. The predicted molar refractivity (Wildman–Crippen MR) is 64.3 cm³/mol. The van der Waals surface area contributed by atoms with Crippen LogP contribution in [0.25, 0.3) is 0 Å². The fourth-order valence-electron chi connectivity index (χ4n) is 1.20. The van der Waals surface area contributed by atoms with Gasteiger partial charge in [0.25, 0.3) is 0 Å². The summed E-state index contributed by atoms with van der Waals surface area (Å²) in [6.07, 6.45) is 1.12. The monoisotopic (exact) mass is 227 g/mol. The average molecular weight is 228 g/mol. The van der Waals surface area contributed by atoms with Crippen LogP contribution in [0, 0.1) is 5.92 Å². The minimum Gasteiger partial charge on any atom is -0.493 e. The first-order valence-corrected chi connectivity index (χ1v) is 5.66. The van der Waals surface area contributed by atoms with Crippen molar-refractivity contribution >= 4 is 11.6 Å². The first-order chi connectivity index (χ1) is 7.17. The van der Waals surface area contributed by atoms with Crippen molar-refractivity contribution in [2.45, 2.75) is 26.8 Å². The van der Waals surface area contributed by atoms with Gasteiger partial charge in [-0.25, -0.2) is 0 Å². The van der Waals surface area contributed by atoms with Crippen LogP contribution in [0.1, 0.15) is 25.8 Å². The quantitative estimate of drug-likeness (QED) is 0.838. The van der Waals surface area contributed by atoms with Crippen LogP contribution in [-0.2, 0) is 6.54 Å². The topological polar surface area (TPSA) is 35.2 Å². The van der Waals surface area contributed by atoms with Crippen molar-refractivity contribution < 1.29 is 4.74 Å². The largest absolute Gasteiger partial charge is 0.493 e. The van der Waals surface area contributed by atoms with E-state index in [0.29, 0.717) is 17.5 Å². The maximum atomic E-state index is 5.87. The second-order valence-electron chi connectivity index (χ2n) is 3.78. The zero-order valence-corrected chi connectivity index (χ0v) is 10.1. The van der Waals surface area contributed by atoms with Crippen molar-refractivity contribution in [2.75, 3.05) is 6.61 Å². The molecule has 0 spiro atoms. The Balaban J connectivity index is 2.67. The summed E-state index contributed by atoms with van der Waals surface area (Å²) in [6.45, 7) is 5.50. The van der Waals surface area contributed by atoms with E-state index in [-0.39, 0.29) is 0 Å². The highest BCUT2D eigenvalue weighted by Crippen LogP contribution is 2.23. The smallest absolute Gasteiger partial charge is 0.123 e. The molecular formula is C12H18ClNO. The zero-order valence-electron chi connectivity index (χ0n) is 9.29. The Morgan fingerprint density at radius 3 is 2.80 bits per heavy atom. The molecule has 0 saturated carbocycles. The molecule has 2 N–H and O–H groups in total. The lowest BCUT2D eigenvalue weighted by molar-refractivity contribution is 0.254. The Morgan fingerprint density at radius 1 is 1.47 bits per heavy atom. The molecule has 3 heteroatoms. The molecule has 0 heterocycles. The van der Waals surface area contributed by atoms with Crippen molar-refractivity contribution in [3.05, 3.63) is 28.8 Å². The summed E-state index contributed by atoms with van der Waals surface area (Å²) >= 11 is 5.87.